The summed E-state index contributed by atoms with van der Waals surface area (Å²) >= 11 is 0. The average molecular weight is 416 g/mol. The number of carbonyl (C=O) groups excluding carboxylic acids is 1. The van der Waals surface area contributed by atoms with Crippen molar-refractivity contribution in [2.75, 3.05) is 0 Å². The summed E-state index contributed by atoms with van der Waals surface area (Å²) in [5.74, 6) is -14.0. The number of hydrogen-bond acceptors (Lipinski definition) is 1. The lowest BCUT2D eigenvalue weighted by molar-refractivity contribution is -0.420. The lowest BCUT2D eigenvalue weighted by Crippen LogP contribution is -2.79. The van der Waals surface area contributed by atoms with Crippen molar-refractivity contribution < 1.29 is 75.0 Å². The zero-order valence-electron chi connectivity index (χ0n) is 10.5. The summed E-state index contributed by atoms with van der Waals surface area (Å²) in [6.45, 7) is 0. The minimum absolute atomic E-state index is 5.57. The molecule has 0 aliphatic carbocycles. The highest BCUT2D eigenvalue weighted by Crippen LogP contribution is 2.62. The van der Waals surface area contributed by atoms with Crippen LogP contribution < -0.4 is 0 Å². The van der Waals surface area contributed by atoms with E-state index in [2.05, 4.69) is 0 Å². The van der Waals surface area contributed by atoms with E-state index in [1.54, 1.807) is 0 Å². The summed E-state index contributed by atoms with van der Waals surface area (Å²) < 4.78 is 198. The van der Waals surface area contributed by atoms with Crippen molar-refractivity contribution in [2.45, 2.75) is 42.0 Å². The minimum atomic E-state index is -8.56. The van der Waals surface area contributed by atoms with Crippen LogP contribution in [0.4, 0.5) is 70.2 Å². The van der Waals surface area contributed by atoms with Gasteiger partial charge in [0.15, 0.2) is 0 Å². The molecule has 0 rings (SSSR count). The maximum atomic E-state index is 13.6. The van der Waals surface area contributed by atoms with Crippen molar-refractivity contribution in [1.29, 1.82) is 0 Å². The standard InChI is InChI=1S/C8F16O/c9-2(1(25)3(10,11)12,5(14,15)8(22,23)24)4(13,6(16,17)18)7(19,20)21. The fourth-order valence-electron chi connectivity index (χ4n) is 1.46. The van der Waals surface area contributed by atoms with Crippen molar-refractivity contribution in [2.24, 2.45) is 0 Å². The molecule has 0 amide bonds. The minimum Gasteiger partial charge on any atom is -0.285 e. The second-order valence-corrected chi connectivity index (χ2v) is 4.21. The van der Waals surface area contributed by atoms with E-state index in [4.69, 9.17) is 0 Å². The molecular weight excluding hydrogens is 416 g/mol. The van der Waals surface area contributed by atoms with Gasteiger partial charge in [0, 0.05) is 0 Å². The van der Waals surface area contributed by atoms with Gasteiger partial charge in [-0.1, -0.05) is 0 Å². The predicted molar refractivity (Wildman–Crippen MR) is 41.9 cm³/mol. The van der Waals surface area contributed by atoms with Gasteiger partial charge in [-0.3, -0.25) is 4.79 Å². The van der Waals surface area contributed by atoms with Crippen molar-refractivity contribution in [3.05, 3.63) is 0 Å². The van der Waals surface area contributed by atoms with Crippen LogP contribution in [0, 0.1) is 0 Å². The molecule has 0 aromatic carbocycles. The Morgan fingerprint density at radius 2 is 0.760 bits per heavy atom. The Morgan fingerprint density at radius 3 is 0.920 bits per heavy atom. The molecule has 25 heavy (non-hydrogen) atoms. The van der Waals surface area contributed by atoms with Gasteiger partial charge in [-0.15, -0.1) is 0 Å². The van der Waals surface area contributed by atoms with Gasteiger partial charge in [0.05, 0.1) is 0 Å². The van der Waals surface area contributed by atoms with Crippen molar-refractivity contribution in [3.8, 4) is 0 Å². The summed E-state index contributed by atoms with van der Waals surface area (Å²) in [5.41, 5.74) is -17.0. The molecule has 0 bridgehead atoms. The molecule has 0 radical (unpaired) electrons. The van der Waals surface area contributed by atoms with Gasteiger partial charge < -0.3 is 0 Å². The second-order valence-electron chi connectivity index (χ2n) is 4.21. The van der Waals surface area contributed by atoms with Crippen LogP contribution in [0.1, 0.15) is 0 Å². The Hall–Kier alpha value is -1.45. The molecular formula is C8F16O. The maximum absolute atomic E-state index is 13.6. The van der Waals surface area contributed by atoms with Gasteiger partial charge in [-0.2, -0.15) is 61.5 Å². The monoisotopic (exact) mass is 416 g/mol. The van der Waals surface area contributed by atoms with Crippen LogP contribution in [0.25, 0.3) is 0 Å². The van der Waals surface area contributed by atoms with Crippen LogP contribution >= 0.6 is 0 Å². The van der Waals surface area contributed by atoms with Crippen LogP contribution in [0.5, 0.6) is 0 Å². The second kappa shape index (κ2) is 5.52. The quantitative estimate of drug-likeness (QED) is 0.602. The normalized spacial score (nSPS) is 18.1. The van der Waals surface area contributed by atoms with Crippen LogP contribution in [0.15, 0.2) is 0 Å². The Labute approximate surface area is 124 Å². The summed E-state index contributed by atoms with van der Waals surface area (Å²) in [6.07, 6.45) is -31.8. The van der Waals surface area contributed by atoms with Crippen LogP contribution in [0.3, 0.4) is 0 Å². The van der Waals surface area contributed by atoms with Crippen LogP contribution in [0.2, 0.25) is 0 Å². The molecule has 150 valence electrons. The number of alkyl halides is 16. The number of halogens is 16. The fraction of sp³-hybridized carbons (Fsp3) is 0.875. The number of ketones is 1. The number of Topliss-reactive ketones (excluding diaryl/α,β-unsaturated/α-hetero) is 1. The zero-order valence-corrected chi connectivity index (χ0v) is 10.5. The van der Waals surface area contributed by atoms with Crippen molar-refractivity contribution >= 4 is 5.78 Å². The number of hydrogen-bond donors (Lipinski definition) is 0. The first-order valence-corrected chi connectivity index (χ1v) is 4.98. The molecule has 0 fully saturated rings. The molecule has 0 N–H and O–H groups in total. The molecule has 0 heterocycles. The van der Waals surface area contributed by atoms with E-state index in [9.17, 15) is 75.0 Å². The smallest absolute Gasteiger partial charge is 0.285 e. The average Bonchev–Trinajstić information content (AvgIpc) is 2.30. The Balaban J connectivity index is 7.33. The molecule has 0 aromatic rings. The van der Waals surface area contributed by atoms with Gasteiger partial charge in [0.1, 0.15) is 0 Å². The van der Waals surface area contributed by atoms with E-state index in [0.29, 0.717) is 0 Å². The van der Waals surface area contributed by atoms with E-state index in [1.165, 1.54) is 0 Å². The summed E-state index contributed by atoms with van der Waals surface area (Å²) in [7, 11) is 0. The Kier molecular flexibility index (Phi) is 5.20. The molecule has 0 saturated heterocycles. The first-order valence-electron chi connectivity index (χ1n) is 4.98. The summed E-state index contributed by atoms with van der Waals surface area (Å²) in [5, 5.41) is 0. The molecule has 0 saturated carbocycles. The van der Waals surface area contributed by atoms with Gasteiger partial charge in [-0.25, -0.2) is 8.78 Å². The molecule has 0 aliphatic rings. The Morgan fingerprint density at radius 1 is 0.480 bits per heavy atom. The van der Waals surface area contributed by atoms with E-state index in [0.717, 1.165) is 0 Å². The molecule has 0 aliphatic heterocycles. The summed E-state index contributed by atoms with van der Waals surface area (Å²) in [4.78, 5) is 10.4. The van der Waals surface area contributed by atoms with E-state index < -0.39 is 47.7 Å². The first-order chi connectivity index (χ1) is 10.4. The van der Waals surface area contributed by atoms with E-state index in [-0.39, 0.29) is 0 Å². The lowest BCUT2D eigenvalue weighted by Gasteiger charge is -2.43. The molecule has 1 nitrogen and oxygen atoms in total. The third-order valence-corrected chi connectivity index (χ3v) is 2.61. The maximum Gasteiger partial charge on any atom is 0.457 e. The third kappa shape index (κ3) is 3.09. The summed E-state index contributed by atoms with van der Waals surface area (Å²) in [6, 6.07) is 0. The van der Waals surface area contributed by atoms with Gasteiger partial charge in [0.2, 0.25) is 0 Å². The van der Waals surface area contributed by atoms with Crippen molar-refractivity contribution in [3.63, 3.8) is 0 Å². The van der Waals surface area contributed by atoms with Crippen LogP contribution in [-0.2, 0) is 4.79 Å². The zero-order chi connectivity index (χ0) is 21.1. The highest BCUT2D eigenvalue weighted by Gasteiger charge is 2.96. The Bertz CT molecular complexity index is 502. The highest BCUT2D eigenvalue weighted by molar-refractivity contribution is 5.95. The number of carbonyl (C=O) groups is 1. The van der Waals surface area contributed by atoms with E-state index >= 15 is 0 Å². The lowest BCUT2D eigenvalue weighted by atomic mass is 9.75. The predicted octanol–water partition coefficient (Wildman–Crippen LogP) is 4.86. The molecule has 1 unspecified atom stereocenters. The SMILES string of the molecule is O=C(C(F)(F)F)C(F)(C(F)(F)C(F)(F)F)C(F)(C(F)(F)F)C(F)(F)F. The van der Waals surface area contributed by atoms with Crippen LogP contribution in [-0.4, -0.2) is 47.7 Å². The van der Waals surface area contributed by atoms with Gasteiger partial charge >= 0.3 is 42.0 Å². The molecule has 0 aromatic heterocycles. The number of rotatable bonds is 3. The van der Waals surface area contributed by atoms with Gasteiger partial charge in [0.25, 0.3) is 5.78 Å². The molecule has 1 atom stereocenters. The van der Waals surface area contributed by atoms with Crippen molar-refractivity contribution in [1.82, 2.24) is 0 Å². The fourth-order valence-corrected chi connectivity index (χ4v) is 1.46. The molecule has 0 spiro atoms. The first kappa shape index (κ1) is 23.5. The third-order valence-electron chi connectivity index (χ3n) is 2.61. The highest BCUT2D eigenvalue weighted by atomic mass is 19.4. The van der Waals surface area contributed by atoms with E-state index in [1.807, 2.05) is 0 Å². The largest absolute Gasteiger partial charge is 0.457 e. The molecule has 17 heteroatoms. The van der Waals surface area contributed by atoms with Gasteiger partial charge in [-0.05, 0) is 0 Å². The topological polar surface area (TPSA) is 17.1 Å².